The van der Waals surface area contributed by atoms with Gasteiger partial charge in [0.1, 0.15) is 16.4 Å². The predicted octanol–water partition coefficient (Wildman–Crippen LogP) is 1.27. The third-order valence-electron chi connectivity index (χ3n) is 5.69. The summed E-state index contributed by atoms with van der Waals surface area (Å²) in [6.07, 6.45) is 2.23. The number of likely N-dealkylation sites (tertiary alicyclic amines) is 1. The summed E-state index contributed by atoms with van der Waals surface area (Å²) in [7, 11) is -0.763. The molecule has 2 aliphatic rings. The lowest BCUT2D eigenvalue weighted by atomic mass is 10.0. The van der Waals surface area contributed by atoms with Gasteiger partial charge in [0.05, 0.1) is 20.8 Å². The zero-order chi connectivity index (χ0) is 21.0. The topological polar surface area (TPSA) is 79.4 Å². The number of ether oxygens (including phenoxy) is 2. The zero-order valence-corrected chi connectivity index (χ0v) is 18.3. The number of hydrogen-bond acceptors (Lipinski definition) is 6. The van der Waals surface area contributed by atoms with Crippen LogP contribution in [0.15, 0.2) is 23.1 Å². The van der Waals surface area contributed by atoms with E-state index in [4.69, 9.17) is 9.47 Å². The normalized spacial score (nSPS) is 21.8. The van der Waals surface area contributed by atoms with Crippen LogP contribution in [0.5, 0.6) is 11.5 Å². The largest absolute Gasteiger partial charge is 0.497 e. The van der Waals surface area contributed by atoms with Gasteiger partial charge in [-0.25, -0.2) is 8.42 Å². The molecule has 0 unspecified atom stereocenters. The Morgan fingerprint density at radius 3 is 2.45 bits per heavy atom. The van der Waals surface area contributed by atoms with Crippen LogP contribution in [-0.2, 0) is 14.8 Å². The van der Waals surface area contributed by atoms with Crippen LogP contribution < -0.4 is 9.47 Å². The Kier molecular flexibility index (Phi) is 7.02. The van der Waals surface area contributed by atoms with Gasteiger partial charge in [-0.15, -0.1) is 0 Å². The minimum Gasteiger partial charge on any atom is -0.497 e. The number of carbonyl (C=O) groups is 1. The number of piperidine rings is 1. The molecule has 2 aliphatic heterocycles. The van der Waals surface area contributed by atoms with E-state index < -0.39 is 10.0 Å². The highest BCUT2D eigenvalue weighted by Crippen LogP contribution is 2.31. The number of hydrogen-bond donors (Lipinski definition) is 0. The number of carbonyl (C=O) groups excluding carboxylic acids is 1. The van der Waals surface area contributed by atoms with Gasteiger partial charge >= 0.3 is 0 Å². The Labute approximate surface area is 173 Å². The molecule has 9 heteroatoms. The third kappa shape index (κ3) is 5.02. The van der Waals surface area contributed by atoms with E-state index >= 15 is 0 Å². The number of amides is 1. The average molecular weight is 426 g/mol. The molecule has 8 nitrogen and oxygen atoms in total. The van der Waals surface area contributed by atoms with Crippen molar-refractivity contribution < 1.29 is 22.7 Å². The quantitative estimate of drug-likeness (QED) is 0.683. The first kappa shape index (κ1) is 21.9. The summed E-state index contributed by atoms with van der Waals surface area (Å²) in [6, 6.07) is 4.75. The van der Waals surface area contributed by atoms with Crippen LogP contribution in [0.1, 0.15) is 19.8 Å². The lowest BCUT2D eigenvalue weighted by Gasteiger charge is -2.36. The van der Waals surface area contributed by atoms with Crippen molar-refractivity contribution in [1.29, 1.82) is 0 Å². The van der Waals surface area contributed by atoms with E-state index in [-0.39, 0.29) is 10.8 Å². The highest BCUT2D eigenvalue weighted by atomic mass is 32.2. The third-order valence-corrected chi connectivity index (χ3v) is 7.61. The summed E-state index contributed by atoms with van der Waals surface area (Å²) in [6.45, 7) is 5.91. The Morgan fingerprint density at radius 1 is 1.10 bits per heavy atom. The van der Waals surface area contributed by atoms with Crippen LogP contribution in [-0.4, -0.2) is 88.5 Å². The van der Waals surface area contributed by atoms with Gasteiger partial charge in [-0.05, 0) is 30.9 Å². The van der Waals surface area contributed by atoms with E-state index in [1.54, 1.807) is 12.1 Å². The highest BCUT2D eigenvalue weighted by molar-refractivity contribution is 7.89. The minimum atomic E-state index is -3.71. The molecule has 0 radical (unpaired) electrons. The van der Waals surface area contributed by atoms with Gasteiger partial charge < -0.3 is 14.4 Å². The molecule has 2 saturated heterocycles. The van der Waals surface area contributed by atoms with Crippen LogP contribution >= 0.6 is 0 Å². The van der Waals surface area contributed by atoms with Crippen LogP contribution in [0.3, 0.4) is 0 Å². The number of sulfonamides is 1. The number of rotatable bonds is 6. The number of piperazine rings is 1. The highest BCUT2D eigenvalue weighted by Gasteiger charge is 2.32. The number of benzene rings is 1. The standard InChI is InChI=1S/C20H31N3O5S/c1-16-5-4-8-22(14-16)20(24)15-21-9-11-23(12-10-21)29(25,26)19-13-17(27-2)6-7-18(19)28-3/h6-7,13,16H,4-5,8-12,14-15H2,1-3H3/t16-/m0/s1. The van der Waals surface area contributed by atoms with Crippen molar-refractivity contribution >= 4 is 15.9 Å². The van der Waals surface area contributed by atoms with E-state index in [0.717, 1.165) is 19.5 Å². The number of methoxy groups -OCH3 is 2. The molecule has 1 atom stereocenters. The monoisotopic (exact) mass is 425 g/mol. The maximum Gasteiger partial charge on any atom is 0.246 e. The number of nitrogens with zero attached hydrogens (tertiary/aromatic N) is 3. The molecule has 0 aliphatic carbocycles. The molecule has 3 rings (SSSR count). The molecular formula is C20H31N3O5S. The second kappa shape index (κ2) is 9.32. The molecule has 0 spiro atoms. The van der Waals surface area contributed by atoms with Crippen molar-refractivity contribution in [2.24, 2.45) is 5.92 Å². The lowest BCUT2D eigenvalue weighted by Crippen LogP contribution is -2.52. The van der Waals surface area contributed by atoms with Gasteiger partial charge in [0.15, 0.2) is 0 Å². The average Bonchev–Trinajstić information content (AvgIpc) is 2.73. The van der Waals surface area contributed by atoms with E-state index in [9.17, 15) is 13.2 Å². The maximum atomic E-state index is 13.1. The summed E-state index contributed by atoms with van der Waals surface area (Å²) in [5.74, 6) is 1.45. The van der Waals surface area contributed by atoms with Crippen LogP contribution in [0.4, 0.5) is 0 Å². The summed E-state index contributed by atoms with van der Waals surface area (Å²) in [5, 5.41) is 0. The van der Waals surface area contributed by atoms with Crippen LogP contribution in [0.2, 0.25) is 0 Å². The van der Waals surface area contributed by atoms with Crippen molar-refractivity contribution in [3.05, 3.63) is 18.2 Å². The SMILES string of the molecule is COc1ccc(OC)c(S(=O)(=O)N2CCN(CC(=O)N3CCC[C@H](C)C3)CC2)c1. The predicted molar refractivity (Wildman–Crippen MR) is 110 cm³/mol. The molecule has 1 aromatic carbocycles. The van der Waals surface area contributed by atoms with Gasteiger partial charge in [-0.3, -0.25) is 9.69 Å². The van der Waals surface area contributed by atoms with E-state index in [1.807, 2.05) is 9.80 Å². The molecule has 2 heterocycles. The summed E-state index contributed by atoms with van der Waals surface area (Å²) >= 11 is 0. The van der Waals surface area contributed by atoms with E-state index in [2.05, 4.69) is 6.92 Å². The lowest BCUT2D eigenvalue weighted by molar-refractivity contribution is -0.134. The van der Waals surface area contributed by atoms with Gasteiger partial charge in [0, 0.05) is 45.3 Å². The Morgan fingerprint density at radius 2 is 1.83 bits per heavy atom. The molecule has 2 fully saturated rings. The molecule has 1 amide bonds. The molecule has 0 saturated carbocycles. The second-order valence-corrected chi connectivity index (χ2v) is 9.69. The Bertz CT molecular complexity index is 821. The van der Waals surface area contributed by atoms with Crippen molar-refractivity contribution in [3.8, 4) is 11.5 Å². The summed E-state index contributed by atoms with van der Waals surface area (Å²) in [5.41, 5.74) is 0. The van der Waals surface area contributed by atoms with E-state index in [1.165, 1.54) is 31.0 Å². The first-order valence-electron chi connectivity index (χ1n) is 10.1. The zero-order valence-electron chi connectivity index (χ0n) is 17.5. The Balaban J connectivity index is 1.62. The molecule has 29 heavy (non-hydrogen) atoms. The van der Waals surface area contributed by atoms with Gasteiger partial charge in [-0.2, -0.15) is 4.31 Å². The fourth-order valence-electron chi connectivity index (χ4n) is 3.96. The Hall–Kier alpha value is -1.84. The summed E-state index contributed by atoms with van der Waals surface area (Å²) in [4.78, 5) is 16.7. The van der Waals surface area contributed by atoms with Gasteiger partial charge in [0.2, 0.25) is 15.9 Å². The molecule has 0 aromatic heterocycles. The second-order valence-electron chi connectivity index (χ2n) is 7.78. The fourth-order valence-corrected chi connectivity index (χ4v) is 5.55. The first-order chi connectivity index (χ1) is 13.8. The fraction of sp³-hybridized carbons (Fsp3) is 0.650. The van der Waals surface area contributed by atoms with Crippen molar-refractivity contribution in [1.82, 2.24) is 14.1 Å². The smallest absolute Gasteiger partial charge is 0.246 e. The molecule has 0 bridgehead atoms. The minimum absolute atomic E-state index is 0.103. The molecular weight excluding hydrogens is 394 g/mol. The molecule has 0 N–H and O–H groups in total. The van der Waals surface area contributed by atoms with Crippen molar-refractivity contribution in [2.45, 2.75) is 24.7 Å². The van der Waals surface area contributed by atoms with Crippen LogP contribution in [0, 0.1) is 5.92 Å². The van der Waals surface area contributed by atoms with E-state index in [0.29, 0.717) is 50.1 Å². The van der Waals surface area contributed by atoms with Crippen LogP contribution in [0.25, 0.3) is 0 Å². The first-order valence-corrected chi connectivity index (χ1v) is 11.5. The maximum absolute atomic E-state index is 13.1. The molecule has 162 valence electrons. The molecule has 1 aromatic rings. The van der Waals surface area contributed by atoms with Crippen molar-refractivity contribution in [3.63, 3.8) is 0 Å². The van der Waals surface area contributed by atoms with Gasteiger partial charge in [0.25, 0.3) is 0 Å². The van der Waals surface area contributed by atoms with Gasteiger partial charge in [-0.1, -0.05) is 6.92 Å². The summed E-state index contributed by atoms with van der Waals surface area (Å²) < 4.78 is 38.2. The van der Waals surface area contributed by atoms with Crippen molar-refractivity contribution in [2.75, 3.05) is 60.0 Å².